The molecular weight excluding hydrogens is 468 g/mol. The molecular formula is C30H19BrN2. The van der Waals surface area contributed by atoms with Crippen molar-refractivity contribution in [3.63, 3.8) is 0 Å². The van der Waals surface area contributed by atoms with Gasteiger partial charge in [-0.2, -0.15) is 0 Å². The van der Waals surface area contributed by atoms with Gasteiger partial charge in [-0.15, -0.1) is 0 Å². The average molecular weight is 487 g/mol. The minimum atomic E-state index is 1.10. The molecule has 5 aromatic carbocycles. The number of halogens is 1. The lowest BCUT2D eigenvalue weighted by Crippen LogP contribution is -2.01. The van der Waals surface area contributed by atoms with Crippen molar-refractivity contribution >= 4 is 59.5 Å². The van der Waals surface area contributed by atoms with Gasteiger partial charge in [-0.25, -0.2) is 0 Å². The highest BCUT2D eigenvalue weighted by Gasteiger charge is 2.21. The Morgan fingerprint density at radius 2 is 1.06 bits per heavy atom. The predicted octanol–water partition coefficient (Wildman–Crippen LogP) is 8.64. The van der Waals surface area contributed by atoms with Crippen molar-refractivity contribution in [2.24, 2.45) is 0 Å². The van der Waals surface area contributed by atoms with Gasteiger partial charge in [0.25, 0.3) is 0 Å². The first-order valence-electron chi connectivity index (χ1n) is 11.1. The minimum absolute atomic E-state index is 1.10. The first-order valence-corrected chi connectivity index (χ1v) is 11.9. The van der Waals surface area contributed by atoms with Crippen LogP contribution in [0.4, 0.5) is 0 Å². The van der Waals surface area contributed by atoms with E-state index in [0.717, 1.165) is 15.8 Å². The van der Waals surface area contributed by atoms with E-state index in [9.17, 15) is 0 Å². The van der Waals surface area contributed by atoms with E-state index in [1.165, 1.54) is 43.6 Å². The molecule has 0 unspecified atom stereocenters. The van der Waals surface area contributed by atoms with E-state index < -0.39 is 0 Å². The van der Waals surface area contributed by atoms with Crippen LogP contribution in [-0.4, -0.2) is 9.13 Å². The van der Waals surface area contributed by atoms with Crippen LogP contribution in [0.2, 0.25) is 0 Å². The highest BCUT2D eigenvalue weighted by molar-refractivity contribution is 9.10. The third-order valence-corrected chi connectivity index (χ3v) is 7.03. The van der Waals surface area contributed by atoms with Crippen molar-refractivity contribution in [2.75, 3.05) is 0 Å². The number of para-hydroxylation sites is 3. The molecule has 0 saturated heterocycles. The van der Waals surface area contributed by atoms with Crippen molar-refractivity contribution in [2.45, 2.75) is 0 Å². The van der Waals surface area contributed by atoms with Crippen LogP contribution in [0.3, 0.4) is 0 Å². The van der Waals surface area contributed by atoms with E-state index in [-0.39, 0.29) is 0 Å². The van der Waals surface area contributed by atoms with Gasteiger partial charge in [0.1, 0.15) is 5.65 Å². The van der Waals surface area contributed by atoms with E-state index in [4.69, 9.17) is 0 Å². The molecule has 0 atom stereocenters. The summed E-state index contributed by atoms with van der Waals surface area (Å²) in [5, 5.41) is 6.29. The fraction of sp³-hybridized carbons (Fsp3) is 0. The first kappa shape index (κ1) is 18.7. The van der Waals surface area contributed by atoms with Crippen LogP contribution in [0.15, 0.2) is 120 Å². The number of rotatable bonds is 2. The quantitative estimate of drug-likeness (QED) is 0.231. The Hall–Kier alpha value is -3.82. The number of fused-ring (bicyclic) bond motifs is 6. The monoisotopic (exact) mass is 486 g/mol. The second-order valence-electron chi connectivity index (χ2n) is 8.42. The van der Waals surface area contributed by atoms with Crippen LogP contribution in [0.25, 0.3) is 55.0 Å². The summed E-state index contributed by atoms with van der Waals surface area (Å²) in [6.45, 7) is 0. The Morgan fingerprint density at radius 1 is 0.485 bits per heavy atom. The second-order valence-corrected chi connectivity index (χ2v) is 9.33. The van der Waals surface area contributed by atoms with Gasteiger partial charge in [-0.05, 0) is 59.3 Å². The molecule has 0 saturated carbocycles. The summed E-state index contributed by atoms with van der Waals surface area (Å²) < 4.78 is 5.91. The zero-order chi connectivity index (χ0) is 21.9. The molecule has 0 aliphatic rings. The van der Waals surface area contributed by atoms with E-state index in [1.807, 2.05) is 0 Å². The molecule has 7 rings (SSSR count). The Morgan fingerprint density at radius 3 is 1.79 bits per heavy atom. The first-order chi connectivity index (χ1) is 16.3. The Kier molecular flexibility index (Phi) is 4.02. The lowest BCUT2D eigenvalue weighted by Gasteiger charge is -2.13. The van der Waals surface area contributed by atoms with Gasteiger partial charge in [0, 0.05) is 32.0 Å². The Bertz CT molecular complexity index is 1820. The molecule has 0 bridgehead atoms. The standard InChI is InChI=1S/C30H19BrN2/c31-22-16-14-21-19-24(17-15-20(21)18-22)33-28-13-7-5-11-26(28)29-25-10-4-6-12-27(25)32(30(29)33)23-8-2-1-3-9-23/h1-19H. The van der Waals surface area contributed by atoms with Crippen LogP contribution in [0.1, 0.15) is 0 Å². The largest absolute Gasteiger partial charge is 0.295 e. The summed E-state index contributed by atoms with van der Waals surface area (Å²) in [5.41, 5.74) is 5.96. The van der Waals surface area contributed by atoms with E-state index in [2.05, 4.69) is 140 Å². The Labute approximate surface area is 199 Å². The fourth-order valence-electron chi connectivity index (χ4n) is 5.14. The zero-order valence-corrected chi connectivity index (χ0v) is 19.3. The molecule has 2 heterocycles. The molecule has 2 nitrogen and oxygen atoms in total. The number of nitrogens with zero attached hydrogens (tertiary/aromatic N) is 2. The lowest BCUT2D eigenvalue weighted by atomic mass is 10.1. The highest BCUT2D eigenvalue weighted by atomic mass is 79.9. The summed E-state index contributed by atoms with van der Waals surface area (Å²) in [7, 11) is 0. The molecule has 0 amide bonds. The van der Waals surface area contributed by atoms with Gasteiger partial charge in [0.15, 0.2) is 0 Å². The molecule has 7 aromatic rings. The molecule has 156 valence electrons. The van der Waals surface area contributed by atoms with Crippen LogP contribution in [-0.2, 0) is 0 Å². The molecule has 33 heavy (non-hydrogen) atoms. The fourth-order valence-corrected chi connectivity index (χ4v) is 5.52. The molecule has 0 fully saturated rings. The van der Waals surface area contributed by atoms with Crippen molar-refractivity contribution < 1.29 is 0 Å². The number of aromatic nitrogens is 2. The summed E-state index contributed by atoms with van der Waals surface area (Å²) in [6, 6.07) is 41.3. The molecule has 0 N–H and O–H groups in total. The van der Waals surface area contributed by atoms with Crippen LogP contribution < -0.4 is 0 Å². The zero-order valence-electron chi connectivity index (χ0n) is 17.7. The maximum atomic E-state index is 3.60. The molecule has 0 aliphatic carbocycles. The third kappa shape index (κ3) is 2.73. The molecule has 2 aromatic heterocycles. The predicted molar refractivity (Wildman–Crippen MR) is 143 cm³/mol. The topological polar surface area (TPSA) is 9.86 Å². The van der Waals surface area contributed by atoms with E-state index >= 15 is 0 Å². The lowest BCUT2D eigenvalue weighted by molar-refractivity contribution is 1.07. The maximum Gasteiger partial charge on any atom is 0.131 e. The van der Waals surface area contributed by atoms with E-state index in [1.54, 1.807) is 0 Å². The van der Waals surface area contributed by atoms with Gasteiger partial charge in [-0.3, -0.25) is 9.13 Å². The molecule has 0 spiro atoms. The molecule has 0 radical (unpaired) electrons. The van der Waals surface area contributed by atoms with E-state index in [0.29, 0.717) is 0 Å². The van der Waals surface area contributed by atoms with Crippen LogP contribution in [0, 0.1) is 0 Å². The SMILES string of the molecule is Brc1ccc2cc(-n3c4ccccc4c4c5ccccc5n(-c5ccccc5)c43)ccc2c1. The number of hydrogen-bond acceptors (Lipinski definition) is 0. The van der Waals surface area contributed by atoms with Crippen molar-refractivity contribution in [1.82, 2.24) is 9.13 Å². The maximum absolute atomic E-state index is 3.60. The van der Waals surface area contributed by atoms with Gasteiger partial charge in [0.05, 0.1) is 11.0 Å². The summed E-state index contributed by atoms with van der Waals surface area (Å²) in [5.74, 6) is 0. The van der Waals surface area contributed by atoms with Gasteiger partial charge < -0.3 is 0 Å². The number of hydrogen-bond donors (Lipinski definition) is 0. The van der Waals surface area contributed by atoms with Crippen molar-refractivity contribution in [3.8, 4) is 11.4 Å². The summed E-state index contributed by atoms with van der Waals surface area (Å²) in [6.07, 6.45) is 0. The van der Waals surface area contributed by atoms with Gasteiger partial charge >= 0.3 is 0 Å². The average Bonchev–Trinajstić information content (AvgIpc) is 3.37. The third-order valence-electron chi connectivity index (χ3n) is 6.53. The number of benzene rings is 5. The minimum Gasteiger partial charge on any atom is -0.295 e. The smallest absolute Gasteiger partial charge is 0.131 e. The summed E-state index contributed by atoms with van der Waals surface area (Å²) in [4.78, 5) is 0. The Balaban J connectivity index is 1.70. The highest BCUT2D eigenvalue weighted by Crippen LogP contribution is 2.40. The summed E-state index contributed by atoms with van der Waals surface area (Å²) >= 11 is 3.60. The van der Waals surface area contributed by atoms with Gasteiger partial charge in [0.2, 0.25) is 0 Å². The van der Waals surface area contributed by atoms with Crippen LogP contribution in [0.5, 0.6) is 0 Å². The van der Waals surface area contributed by atoms with Crippen molar-refractivity contribution in [3.05, 3.63) is 120 Å². The normalized spacial score (nSPS) is 11.8. The van der Waals surface area contributed by atoms with Gasteiger partial charge in [-0.1, -0.05) is 82.7 Å². The van der Waals surface area contributed by atoms with Crippen molar-refractivity contribution in [1.29, 1.82) is 0 Å². The molecule has 0 aliphatic heterocycles. The van der Waals surface area contributed by atoms with Crippen LogP contribution >= 0.6 is 15.9 Å². The molecule has 3 heteroatoms. The second kappa shape index (κ2) is 7.09.